The molecule has 0 unspecified atom stereocenters. The fourth-order valence-electron chi connectivity index (χ4n) is 3.70. The number of hydrogen-bond donors (Lipinski definition) is 1. The van der Waals surface area contributed by atoms with E-state index in [2.05, 4.69) is 5.32 Å². The van der Waals surface area contributed by atoms with E-state index in [4.69, 9.17) is 0 Å². The molecule has 4 rings (SSSR count). The lowest BCUT2D eigenvalue weighted by Gasteiger charge is -2.31. The molecule has 1 saturated carbocycles. The van der Waals surface area contributed by atoms with Gasteiger partial charge in [-0.25, -0.2) is 12.7 Å². The van der Waals surface area contributed by atoms with Crippen LogP contribution in [-0.2, 0) is 10.0 Å². The number of carbonyl (C=O) groups excluding carboxylic acids is 1. The van der Waals surface area contributed by atoms with Gasteiger partial charge in [0, 0.05) is 25.2 Å². The van der Waals surface area contributed by atoms with Gasteiger partial charge >= 0.3 is 0 Å². The van der Waals surface area contributed by atoms with Gasteiger partial charge in [0.25, 0.3) is 5.91 Å². The highest BCUT2D eigenvalue weighted by atomic mass is 32.2. The predicted molar refractivity (Wildman–Crippen MR) is 103 cm³/mol. The minimum Gasteiger partial charge on any atom is -0.352 e. The number of nitrogens with zero attached hydrogens (tertiary/aromatic N) is 1. The second-order valence-corrected chi connectivity index (χ2v) is 9.54. The molecule has 2 aromatic rings. The molecule has 2 aliphatic rings. The van der Waals surface area contributed by atoms with Crippen LogP contribution in [0.1, 0.15) is 36.0 Å². The van der Waals surface area contributed by atoms with E-state index in [9.17, 15) is 13.2 Å². The van der Waals surface area contributed by atoms with Gasteiger partial charge in [0.2, 0.25) is 10.0 Å². The first-order valence-corrected chi connectivity index (χ1v) is 10.8. The first kappa shape index (κ1) is 17.5. The predicted octanol–water partition coefficient (Wildman–Crippen LogP) is 2.77. The number of piperidine rings is 1. The number of amides is 1. The summed E-state index contributed by atoms with van der Waals surface area (Å²) in [6.07, 6.45) is 3.23. The maximum absolute atomic E-state index is 12.6. The average Bonchev–Trinajstić information content (AvgIpc) is 3.52. The van der Waals surface area contributed by atoms with Gasteiger partial charge in [0.15, 0.2) is 0 Å². The highest BCUT2D eigenvalue weighted by molar-refractivity contribution is 7.90. The third-order valence-corrected chi connectivity index (χ3v) is 7.86. The normalized spacial score (nSPS) is 19.5. The first-order valence-electron chi connectivity index (χ1n) is 9.30. The number of nitrogens with one attached hydrogen (secondary N) is 1. The van der Waals surface area contributed by atoms with Gasteiger partial charge in [0.05, 0.1) is 5.25 Å². The van der Waals surface area contributed by atoms with Crippen molar-refractivity contribution in [1.82, 2.24) is 9.62 Å². The summed E-state index contributed by atoms with van der Waals surface area (Å²) in [5.41, 5.74) is 0.692. The van der Waals surface area contributed by atoms with Crippen LogP contribution in [0.5, 0.6) is 0 Å². The van der Waals surface area contributed by atoms with Crippen molar-refractivity contribution in [2.24, 2.45) is 5.92 Å². The van der Waals surface area contributed by atoms with Gasteiger partial charge in [-0.2, -0.15) is 0 Å². The zero-order valence-electron chi connectivity index (χ0n) is 14.7. The summed E-state index contributed by atoms with van der Waals surface area (Å²) in [4.78, 5) is 12.6. The molecule has 0 aromatic heterocycles. The van der Waals surface area contributed by atoms with E-state index in [-0.39, 0.29) is 11.2 Å². The number of fused-ring (bicyclic) bond motifs is 1. The smallest absolute Gasteiger partial charge is 0.251 e. The van der Waals surface area contributed by atoms with E-state index in [1.54, 1.807) is 4.31 Å². The lowest BCUT2D eigenvalue weighted by molar-refractivity contribution is 0.0943. The lowest BCUT2D eigenvalue weighted by atomic mass is 9.98. The van der Waals surface area contributed by atoms with Crippen molar-refractivity contribution < 1.29 is 13.2 Å². The van der Waals surface area contributed by atoms with E-state index in [1.807, 2.05) is 42.5 Å². The molecule has 138 valence electrons. The van der Waals surface area contributed by atoms with Crippen molar-refractivity contribution in [1.29, 1.82) is 0 Å². The first-order chi connectivity index (χ1) is 12.6. The quantitative estimate of drug-likeness (QED) is 0.878. The number of sulfonamides is 1. The van der Waals surface area contributed by atoms with Crippen LogP contribution in [0.4, 0.5) is 0 Å². The van der Waals surface area contributed by atoms with Crippen LogP contribution in [0, 0.1) is 5.92 Å². The molecule has 0 bridgehead atoms. The number of rotatable bonds is 5. The molecule has 2 fully saturated rings. The Labute approximate surface area is 154 Å². The van der Waals surface area contributed by atoms with Crippen LogP contribution < -0.4 is 5.32 Å². The van der Waals surface area contributed by atoms with Gasteiger partial charge in [-0.1, -0.05) is 36.4 Å². The van der Waals surface area contributed by atoms with Gasteiger partial charge in [-0.05, 0) is 48.4 Å². The number of benzene rings is 2. The molecule has 1 saturated heterocycles. The Morgan fingerprint density at radius 2 is 1.69 bits per heavy atom. The zero-order valence-corrected chi connectivity index (χ0v) is 15.5. The molecule has 6 heteroatoms. The molecule has 26 heavy (non-hydrogen) atoms. The summed E-state index contributed by atoms with van der Waals surface area (Å²) < 4.78 is 26.2. The number of carbonyl (C=O) groups is 1. The van der Waals surface area contributed by atoms with Crippen LogP contribution in [0.2, 0.25) is 0 Å². The Bertz CT molecular complexity index is 908. The van der Waals surface area contributed by atoms with Crippen molar-refractivity contribution in [3.8, 4) is 0 Å². The largest absolute Gasteiger partial charge is 0.352 e. The second kappa shape index (κ2) is 7.00. The SMILES string of the molecule is O=C(NCC1CCN(S(=O)(=O)C2CC2)CC1)c1cccc2ccccc12. The minimum absolute atomic E-state index is 0.0603. The lowest BCUT2D eigenvalue weighted by Crippen LogP contribution is -2.42. The topological polar surface area (TPSA) is 66.5 Å². The Morgan fingerprint density at radius 3 is 2.42 bits per heavy atom. The van der Waals surface area contributed by atoms with Crippen molar-refractivity contribution in [3.63, 3.8) is 0 Å². The Kier molecular flexibility index (Phi) is 4.71. The Hall–Kier alpha value is -1.92. The molecule has 0 radical (unpaired) electrons. The molecule has 1 amide bonds. The van der Waals surface area contributed by atoms with Crippen LogP contribution in [-0.4, -0.2) is 43.5 Å². The van der Waals surface area contributed by atoms with Crippen LogP contribution >= 0.6 is 0 Å². The summed E-state index contributed by atoms with van der Waals surface area (Å²) in [7, 11) is -3.06. The van der Waals surface area contributed by atoms with Crippen molar-refractivity contribution >= 4 is 26.7 Å². The molecule has 5 nitrogen and oxygen atoms in total. The number of hydrogen-bond acceptors (Lipinski definition) is 3. The highest BCUT2D eigenvalue weighted by Gasteiger charge is 2.41. The average molecular weight is 372 g/mol. The fraction of sp³-hybridized carbons (Fsp3) is 0.450. The summed E-state index contributed by atoms with van der Waals surface area (Å²) in [6.45, 7) is 1.75. The minimum atomic E-state index is -3.06. The van der Waals surface area contributed by atoms with Crippen molar-refractivity contribution in [2.75, 3.05) is 19.6 Å². The molecular weight excluding hydrogens is 348 g/mol. The van der Waals surface area contributed by atoms with Gasteiger partial charge in [-0.15, -0.1) is 0 Å². The second-order valence-electron chi connectivity index (χ2n) is 7.32. The molecule has 1 aliphatic carbocycles. The van der Waals surface area contributed by atoms with E-state index in [1.165, 1.54) is 0 Å². The monoisotopic (exact) mass is 372 g/mol. The fourth-order valence-corrected chi connectivity index (χ4v) is 5.57. The molecule has 1 N–H and O–H groups in total. The molecule has 2 aromatic carbocycles. The standard InChI is InChI=1S/C20H24N2O3S/c23-20(19-7-3-5-16-4-1-2-6-18(16)19)21-14-15-10-12-22(13-11-15)26(24,25)17-8-9-17/h1-7,15,17H,8-14H2,(H,21,23). The van der Waals surface area contributed by atoms with Crippen molar-refractivity contribution in [3.05, 3.63) is 48.0 Å². The molecule has 1 aliphatic heterocycles. The summed E-state index contributed by atoms with van der Waals surface area (Å²) >= 11 is 0. The van der Waals surface area contributed by atoms with Gasteiger partial charge in [-0.3, -0.25) is 4.79 Å². The molecular formula is C20H24N2O3S. The third kappa shape index (κ3) is 3.48. The Balaban J connectivity index is 1.34. The molecule has 0 spiro atoms. The van der Waals surface area contributed by atoms with E-state index < -0.39 is 10.0 Å². The summed E-state index contributed by atoms with van der Waals surface area (Å²) in [5.74, 6) is 0.273. The van der Waals surface area contributed by atoms with E-state index >= 15 is 0 Å². The van der Waals surface area contributed by atoms with Crippen LogP contribution in [0.3, 0.4) is 0 Å². The van der Waals surface area contributed by atoms with E-state index in [0.29, 0.717) is 31.1 Å². The van der Waals surface area contributed by atoms with Crippen LogP contribution in [0.15, 0.2) is 42.5 Å². The van der Waals surface area contributed by atoms with Crippen molar-refractivity contribution in [2.45, 2.75) is 30.9 Å². The molecule has 1 heterocycles. The summed E-state index contributed by atoms with van der Waals surface area (Å²) in [6, 6.07) is 13.6. The van der Waals surface area contributed by atoms with Crippen LogP contribution in [0.25, 0.3) is 10.8 Å². The maximum atomic E-state index is 12.6. The highest BCUT2D eigenvalue weighted by Crippen LogP contribution is 2.33. The van der Waals surface area contributed by atoms with Gasteiger partial charge < -0.3 is 5.32 Å². The van der Waals surface area contributed by atoms with E-state index in [0.717, 1.165) is 36.5 Å². The summed E-state index contributed by atoms with van der Waals surface area (Å²) in [5, 5.41) is 4.92. The van der Waals surface area contributed by atoms with Gasteiger partial charge in [0.1, 0.15) is 0 Å². The zero-order chi connectivity index (χ0) is 18.1. The molecule has 0 atom stereocenters. The Morgan fingerprint density at radius 1 is 1.00 bits per heavy atom. The maximum Gasteiger partial charge on any atom is 0.251 e. The third-order valence-electron chi connectivity index (χ3n) is 5.46.